The Morgan fingerprint density at radius 2 is 1.89 bits per heavy atom. The van der Waals surface area contributed by atoms with Crippen LogP contribution in [0.3, 0.4) is 0 Å². The fraction of sp³-hybridized carbons (Fsp3) is 0.133. The number of imidazole rings is 1. The smallest absolute Gasteiger partial charge is 0.137 e. The average Bonchev–Trinajstić information content (AvgIpc) is 2.84. The molecule has 0 bridgehead atoms. The van der Waals surface area contributed by atoms with Gasteiger partial charge in [-0.25, -0.2) is 4.98 Å². The van der Waals surface area contributed by atoms with Gasteiger partial charge in [0.15, 0.2) is 0 Å². The Morgan fingerprint density at radius 3 is 2.63 bits per heavy atom. The molecule has 2 aromatic heterocycles. The van der Waals surface area contributed by atoms with Crippen molar-refractivity contribution in [2.24, 2.45) is 0 Å². The summed E-state index contributed by atoms with van der Waals surface area (Å²) >= 11 is 0. The summed E-state index contributed by atoms with van der Waals surface area (Å²) < 4.78 is 7.33. The van der Waals surface area contributed by atoms with Crippen molar-refractivity contribution in [1.29, 1.82) is 0 Å². The zero-order valence-electron chi connectivity index (χ0n) is 10.8. The third-order valence-corrected chi connectivity index (χ3v) is 3.06. The van der Waals surface area contributed by atoms with Crippen LogP contribution in [0.25, 0.3) is 16.9 Å². The first-order valence-corrected chi connectivity index (χ1v) is 5.87. The molecule has 2 heterocycles. The second-order valence-corrected chi connectivity index (χ2v) is 4.25. The standard InChI is InChI=1S/C15H14N2O.HI/c1-11-5-3-8-15-16-14(10-17(11)15)12-6-4-7-13(9-12)18-2;/h3-10H,1-2H3;1H/p-1. The molecule has 0 aliphatic carbocycles. The Balaban J connectivity index is 0.00000133. The summed E-state index contributed by atoms with van der Waals surface area (Å²) in [5.41, 5.74) is 4.17. The Morgan fingerprint density at radius 1 is 1.11 bits per heavy atom. The van der Waals surface area contributed by atoms with Crippen LogP contribution in [-0.4, -0.2) is 16.5 Å². The fourth-order valence-electron chi connectivity index (χ4n) is 2.07. The van der Waals surface area contributed by atoms with Crippen molar-refractivity contribution in [3.05, 3.63) is 54.4 Å². The number of nitrogens with zero attached hydrogens (tertiary/aromatic N) is 2. The maximum Gasteiger partial charge on any atom is 0.137 e. The first-order valence-electron chi connectivity index (χ1n) is 5.87. The van der Waals surface area contributed by atoms with Gasteiger partial charge in [-0.15, -0.1) is 0 Å². The molecule has 0 radical (unpaired) electrons. The highest BCUT2D eigenvalue weighted by atomic mass is 127. The van der Waals surface area contributed by atoms with Gasteiger partial charge in [-0.05, 0) is 31.2 Å². The van der Waals surface area contributed by atoms with Crippen molar-refractivity contribution in [3.63, 3.8) is 0 Å². The van der Waals surface area contributed by atoms with Crippen LogP contribution >= 0.6 is 0 Å². The molecule has 0 saturated carbocycles. The molecule has 0 aliphatic heterocycles. The summed E-state index contributed by atoms with van der Waals surface area (Å²) in [5, 5.41) is 0. The lowest BCUT2D eigenvalue weighted by Crippen LogP contribution is -3.00. The lowest BCUT2D eigenvalue weighted by Gasteiger charge is -2.01. The first-order chi connectivity index (χ1) is 8.78. The van der Waals surface area contributed by atoms with Crippen molar-refractivity contribution in [3.8, 4) is 17.0 Å². The number of hydrogen-bond acceptors (Lipinski definition) is 2. The topological polar surface area (TPSA) is 26.5 Å². The number of fused-ring (bicyclic) bond motifs is 1. The molecule has 0 amide bonds. The normalized spacial score (nSPS) is 10.2. The molecule has 98 valence electrons. The largest absolute Gasteiger partial charge is 1.00 e. The van der Waals surface area contributed by atoms with Crippen molar-refractivity contribution < 1.29 is 28.7 Å². The van der Waals surface area contributed by atoms with Crippen LogP contribution in [0.5, 0.6) is 5.75 Å². The lowest BCUT2D eigenvalue weighted by atomic mass is 10.1. The first kappa shape index (κ1) is 13.9. The zero-order valence-corrected chi connectivity index (χ0v) is 13.0. The predicted octanol–water partition coefficient (Wildman–Crippen LogP) is 0.322. The minimum Gasteiger partial charge on any atom is -1.00 e. The molecular weight excluding hydrogens is 351 g/mol. The van der Waals surface area contributed by atoms with Gasteiger partial charge in [-0.2, -0.15) is 0 Å². The average molecular weight is 365 g/mol. The van der Waals surface area contributed by atoms with Crippen LogP contribution in [0.4, 0.5) is 0 Å². The SMILES string of the molecule is COc1cccc(-c2cn3c(C)cccc3n2)c1.[I-]. The Labute approximate surface area is 129 Å². The molecular formula is C15H14IN2O-. The number of halogens is 1. The molecule has 0 unspecified atom stereocenters. The number of rotatable bonds is 2. The number of hydrogen-bond donors (Lipinski definition) is 0. The van der Waals surface area contributed by atoms with Gasteiger partial charge in [0.1, 0.15) is 11.4 Å². The molecule has 1 aromatic carbocycles. The summed E-state index contributed by atoms with van der Waals surface area (Å²) in [6, 6.07) is 14.1. The molecule has 0 spiro atoms. The van der Waals surface area contributed by atoms with E-state index in [0.29, 0.717) is 0 Å². The fourth-order valence-corrected chi connectivity index (χ4v) is 2.07. The van der Waals surface area contributed by atoms with E-state index in [4.69, 9.17) is 4.74 Å². The molecule has 0 atom stereocenters. The molecule has 0 N–H and O–H groups in total. The molecule has 3 nitrogen and oxygen atoms in total. The van der Waals surface area contributed by atoms with E-state index in [1.807, 2.05) is 36.4 Å². The predicted molar refractivity (Wildman–Crippen MR) is 71.9 cm³/mol. The van der Waals surface area contributed by atoms with E-state index in [1.165, 1.54) is 5.69 Å². The highest BCUT2D eigenvalue weighted by Crippen LogP contribution is 2.23. The van der Waals surface area contributed by atoms with Crippen molar-refractivity contribution >= 4 is 5.65 Å². The number of benzene rings is 1. The number of ether oxygens (including phenoxy) is 1. The van der Waals surface area contributed by atoms with E-state index in [1.54, 1.807) is 7.11 Å². The maximum absolute atomic E-state index is 5.24. The second kappa shape index (κ2) is 5.61. The van der Waals surface area contributed by atoms with E-state index >= 15 is 0 Å². The van der Waals surface area contributed by atoms with Gasteiger partial charge in [0.05, 0.1) is 12.8 Å². The van der Waals surface area contributed by atoms with Crippen molar-refractivity contribution in [2.75, 3.05) is 7.11 Å². The number of aryl methyl sites for hydroxylation is 1. The maximum atomic E-state index is 5.24. The van der Waals surface area contributed by atoms with Crippen LogP contribution in [0.2, 0.25) is 0 Å². The van der Waals surface area contributed by atoms with E-state index in [0.717, 1.165) is 22.7 Å². The molecule has 3 rings (SSSR count). The quantitative estimate of drug-likeness (QED) is 0.612. The van der Waals surface area contributed by atoms with Gasteiger partial charge in [0.25, 0.3) is 0 Å². The van der Waals surface area contributed by atoms with Gasteiger partial charge in [0, 0.05) is 17.5 Å². The minimum absolute atomic E-state index is 0. The second-order valence-electron chi connectivity index (χ2n) is 4.25. The minimum atomic E-state index is 0. The monoisotopic (exact) mass is 365 g/mol. The van der Waals surface area contributed by atoms with E-state index in [9.17, 15) is 0 Å². The number of methoxy groups -OCH3 is 1. The van der Waals surface area contributed by atoms with Crippen molar-refractivity contribution in [1.82, 2.24) is 9.38 Å². The summed E-state index contributed by atoms with van der Waals surface area (Å²) in [6.07, 6.45) is 2.06. The summed E-state index contributed by atoms with van der Waals surface area (Å²) in [5.74, 6) is 0.848. The highest BCUT2D eigenvalue weighted by Gasteiger charge is 2.06. The van der Waals surface area contributed by atoms with Crippen molar-refractivity contribution in [2.45, 2.75) is 6.92 Å². The zero-order chi connectivity index (χ0) is 12.5. The van der Waals surface area contributed by atoms with Gasteiger partial charge >= 0.3 is 0 Å². The Hall–Kier alpha value is -1.56. The van der Waals surface area contributed by atoms with Gasteiger partial charge < -0.3 is 33.1 Å². The number of pyridine rings is 1. The van der Waals surface area contributed by atoms with E-state index in [2.05, 4.69) is 28.6 Å². The lowest BCUT2D eigenvalue weighted by molar-refractivity contribution is -0.00000410. The molecule has 0 fully saturated rings. The highest BCUT2D eigenvalue weighted by molar-refractivity contribution is 5.64. The van der Waals surface area contributed by atoms with Crippen LogP contribution in [0.1, 0.15) is 5.69 Å². The molecule has 4 heteroatoms. The van der Waals surface area contributed by atoms with Crippen LogP contribution < -0.4 is 28.7 Å². The number of aromatic nitrogens is 2. The molecule has 0 saturated heterocycles. The van der Waals surface area contributed by atoms with Gasteiger partial charge in [-0.3, -0.25) is 0 Å². The van der Waals surface area contributed by atoms with Gasteiger partial charge in [-0.1, -0.05) is 18.2 Å². The van der Waals surface area contributed by atoms with Gasteiger partial charge in [0.2, 0.25) is 0 Å². The molecule has 19 heavy (non-hydrogen) atoms. The molecule has 3 aromatic rings. The molecule has 0 aliphatic rings. The summed E-state index contributed by atoms with van der Waals surface area (Å²) in [7, 11) is 1.67. The Bertz CT molecular complexity index is 706. The van der Waals surface area contributed by atoms with E-state index in [-0.39, 0.29) is 24.0 Å². The van der Waals surface area contributed by atoms with Crippen LogP contribution in [0.15, 0.2) is 48.7 Å². The van der Waals surface area contributed by atoms with Crippen LogP contribution in [0, 0.1) is 6.92 Å². The summed E-state index contributed by atoms with van der Waals surface area (Å²) in [4.78, 5) is 4.63. The summed E-state index contributed by atoms with van der Waals surface area (Å²) in [6.45, 7) is 2.07. The van der Waals surface area contributed by atoms with E-state index < -0.39 is 0 Å². The third kappa shape index (κ3) is 2.58. The Kier molecular flexibility index (Phi) is 4.09. The third-order valence-electron chi connectivity index (χ3n) is 3.06. The van der Waals surface area contributed by atoms with Crippen LogP contribution in [-0.2, 0) is 0 Å².